The minimum Gasteiger partial charge on any atom is -0.392 e. The van der Waals surface area contributed by atoms with Gasteiger partial charge in [0.1, 0.15) is 5.82 Å². The van der Waals surface area contributed by atoms with E-state index in [1.807, 2.05) is 0 Å². The molecule has 0 saturated carbocycles. The van der Waals surface area contributed by atoms with Gasteiger partial charge in [-0.3, -0.25) is 0 Å². The second-order valence-electron chi connectivity index (χ2n) is 6.62. The SMILES string of the molecule is CC(C)(C)C1CCN(S(=O)(=O)c2cc(F)ccc2CO)C1. The third kappa shape index (κ3) is 3.27. The molecular weight excluding hydrogens is 293 g/mol. The van der Waals surface area contributed by atoms with Crippen molar-refractivity contribution in [3.05, 3.63) is 29.6 Å². The fourth-order valence-corrected chi connectivity index (χ4v) is 4.42. The van der Waals surface area contributed by atoms with Crippen LogP contribution in [0.15, 0.2) is 23.1 Å². The van der Waals surface area contributed by atoms with E-state index in [1.165, 1.54) is 10.4 Å². The van der Waals surface area contributed by atoms with Gasteiger partial charge in [0.05, 0.1) is 11.5 Å². The molecule has 0 radical (unpaired) electrons. The maximum absolute atomic E-state index is 13.4. The molecule has 1 fully saturated rings. The van der Waals surface area contributed by atoms with Crippen molar-refractivity contribution in [3.63, 3.8) is 0 Å². The van der Waals surface area contributed by atoms with Gasteiger partial charge in [-0.1, -0.05) is 26.8 Å². The lowest BCUT2D eigenvalue weighted by molar-refractivity contribution is 0.251. The number of hydrogen-bond donors (Lipinski definition) is 1. The second kappa shape index (κ2) is 5.66. The summed E-state index contributed by atoms with van der Waals surface area (Å²) < 4.78 is 40.2. The number of aliphatic hydroxyl groups excluding tert-OH is 1. The maximum atomic E-state index is 13.4. The zero-order chi connectivity index (χ0) is 15.8. The Morgan fingerprint density at radius 3 is 2.57 bits per heavy atom. The molecule has 1 atom stereocenters. The smallest absolute Gasteiger partial charge is 0.243 e. The Balaban J connectivity index is 2.34. The molecule has 0 bridgehead atoms. The highest BCUT2D eigenvalue weighted by Crippen LogP contribution is 2.36. The summed E-state index contributed by atoms with van der Waals surface area (Å²) >= 11 is 0. The van der Waals surface area contributed by atoms with Crippen LogP contribution in [0.25, 0.3) is 0 Å². The van der Waals surface area contributed by atoms with Crippen molar-refractivity contribution < 1.29 is 17.9 Å². The molecule has 0 aliphatic carbocycles. The highest BCUT2D eigenvalue weighted by molar-refractivity contribution is 7.89. The van der Waals surface area contributed by atoms with Crippen LogP contribution in [0, 0.1) is 17.2 Å². The van der Waals surface area contributed by atoms with E-state index in [2.05, 4.69) is 20.8 Å². The summed E-state index contributed by atoms with van der Waals surface area (Å²) in [6.07, 6.45) is 0.798. The van der Waals surface area contributed by atoms with Gasteiger partial charge in [0.25, 0.3) is 0 Å². The van der Waals surface area contributed by atoms with E-state index in [4.69, 9.17) is 0 Å². The van der Waals surface area contributed by atoms with E-state index in [0.29, 0.717) is 13.1 Å². The Hall–Kier alpha value is -0.980. The lowest BCUT2D eigenvalue weighted by Crippen LogP contribution is -2.32. The second-order valence-corrected chi connectivity index (χ2v) is 8.53. The highest BCUT2D eigenvalue weighted by Gasteiger charge is 2.38. The first-order valence-corrected chi connectivity index (χ1v) is 8.49. The summed E-state index contributed by atoms with van der Waals surface area (Å²) in [4.78, 5) is -0.125. The minimum atomic E-state index is -3.76. The van der Waals surface area contributed by atoms with Crippen molar-refractivity contribution >= 4 is 10.0 Å². The Morgan fingerprint density at radius 1 is 1.38 bits per heavy atom. The Bertz CT molecular complexity index is 622. The summed E-state index contributed by atoms with van der Waals surface area (Å²) in [7, 11) is -3.76. The minimum absolute atomic E-state index is 0.0337. The number of aliphatic hydroxyl groups is 1. The fraction of sp³-hybridized carbons (Fsp3) is 0.600. The monoisotopic (exact) mass is 315 g/mol. The van der Waals surface area contributed by atoms with Gasteiger partial charge >= 0.3 is 0 Å². The first-order valence-electron chi connectivity index (χ1n) is 7.05. The zero-order valence-corrected chi connectivity index (χ0v) is 13.5. The number of hydrogen-bond acceptors (Lipinski definition) is 3. The van der Waals surface area contributed by atoms with Crippen molar-refractivity contribution in [1.29, 1.82) is 0 Å². The molecule has 2 rings (SSSR count). The molecule has 0 spiro atoms. The lowest BCUT2D eigenvalue weighted by Gasteiger charge is -2.27. The third-order valence-electron chi connectivity index (χ3n) is 4.19. The molecule has 1 saturated heterocycles. The first-order chi connectivity index (χ1) is 9.66. The molecule has 1 N–H and O–H groups in total. The Morgan fingerprint density at radius 2 is 2.05 bits per heavy atom. The van der Waals surface area contributed by atoms with E-state index in [9.17, 15) is 17.9 Å². The molecule has 118 valence electrons. The van der Waals surface area contributed by atoms with Crippen molar-refractivity contribution in [3.8, 4) is 0 Å². The van der Waals surface area contributed by atoms with Crippen LogP contribution in [-0.2, 0) is 16.6 Å². The largest absolute Gasteiger partial charge is 0.392 e. The van der Waals surface area contributed by atoms with Crippen molar-refractivity contribution in [2.24, 2.45) is 11.3 Å². The molecule has 1 aromatic carbocycles. The van der Waals surface area contributed by atoms with E-state index in [1.54, 1.807) is 0 Å². The van der Waals surface area contributed by atoms with Gasteiger partial charge in [0.2, 0.25) is 10.0 Å². The molecule has 1 aromatic rings. The van der Waals surface area contributed by atoms with Gasteiger partial charge in [-0.25, -0.2) is 12.8 Å². The van der Waals surface area contributed by atoms with E-state index in [0.717, 1.165) is 18.6 Å². The van der Waals surface area contributed by atoms with Gasteiger partial charge in [0.15, 0.2) is 0 Å². The third-order valence-corrected chi connectivity index (χ3v) is 6.14. The molecule has 0 amide bonds. The number of halogens is 1. The zero-order valence-electron chi connectivity index (χ0n) is 12.6. The molecule has 1 aliphatic heterocycles. The van der Waals surface area contributed by atoms with Crippen LogP contribution in [0.3, 0.4) is 0 Å². The first kappa shape index (κ1) is 16.4. The van der Waals surface area contributed by atoms with Gasteiger partial charge < -0.3 is 5.11 Å². The summed E-state index contributed by atoms with van der Waals surface area (Å²) in [5.74, 6) is -0.337. The Labute approximate surface area is 125 Å². The van der Waals surface area contributed by atoms with Crippen LogP contribution in [0.4, 0.5) is 4.39 Å². The van der Waals surface area contributed by atoms with Crippen LogP contribution in [0.2, 0.25) is 0 Å². The van der Waals surface area contributed by atoms with Crippen molar-refractivity contribution in [2.75, 3.05) is 13.1 Å². The number of rotatable bonds is 3. The standard InChI is InChI=1S/C15H22FNO3S/c1-15(2,3)12-6-7-17(9-12)21(19,20)14-8-13(16)5-4-11(14)10-18/h4-5,8,12,18H,6-7,9-10H2,1-3H3. The normalized spacial score (nSPS) is 20.9. The lowest BCUT2D eigenvalue weighted by atomic mass is 9.80. The number of nitrogens with zero attached hydrogens (tertiary/aromatic N) is 1. The average molecular weight is 315 g/mol. The summed E-state index contributed by atoms with van der Waals surface area (Å²) in [6, 6.07) is 3.47. The van der Waals surface area contributed by atoms with E-state index < -0.39 is 22.4 Å². The molecule has 0 aromatic heterocycles. The number of benzene rings is 1. The molecule has 4 nitrogen and oxygen atoms in total. The summed E-state index contributed by atoms with van der Waals surface area (Å²) in [6.45, 7) is 6.73. The number of sulfonamides is 1. The quantitative estimate of drug-likeness (QED) is 0.931. The maximum Gasteiger partial charge on any atom is 0.243 e. The van der Waals surface area contributed by atoms with Crippen LogP contribution in [-0.4, -0.2) is 30.9 Å². The van der Waals surface area contributed by atoms with Gasteiger partial charge in [-0.2, -0.15) is 4.31 Å². The summed E-state index contributed by atoms with van der Waals surface area (Å²) in [5.41, 5.74) is 0.266. The molecule has 1 heterocycles. The molecular formula is C15H22FNO3S. The predicted molar refractivity (Wildman–Crippen MR) is 78.6 cm³/mol. The topological polar surface area (TPSA) is 57.6 Å². The van der Waals surface area contributed by atoms with Crippen LogP contribution in [0.1, 0.15) is 32.8 Å². The van der Waals surface area contributed by atoms with E-state index in [-0.39, 0.29) is 21.8 Å². The molecule has 21 heavy (non-hydrogen) atoms. The van der Waals surface area contributed by atoms with Crippen molar-refractivity contribution in [2.45, 2.75) is 38.7 Å². The molecule has 1 aliphatic rings. The van der Waals surface area contributed by atoms with Crippen LogP contribution >= 0.6 is 0 Å². The summed E-state index contributed by atoms with van der Waals surface area (Å²) in [5, 5.41) is 9.29. The van der Waals surface area contributed by atoms with Gasteiger partial charge in [-0.15, -0.1) is 0 Å². The van der Waals surface area contributed by atoms with E-state index >= 15 is 0 Å². The van der Waals surface area contributed by atoms with Gasteiger partial charge in [0, 0.05) is 13.1 Å². The molecule has 6 heteroatoms. The predicted octanol–water partition coefficient (Wildman–Crippen LogP) is 2.37. The fourth-order valence-electron chi connectivity index (χ4n) is 2.69. The molecule has 1 unspecified atom stereocenters. The van der Waals surface area contributed by atoms with Crippen molar-refractivity contribution in [1.82, 2.24) is 4.31 Å². The van der Waals surface area contributed by atoms with Crippen LogP contribution < -0.4 is 0 Å². The highest BCUT2D eigenvalue weighted by atomic mass is 32.2. The average Bonchev–Trinajstić information content (AvgIpc) is 2.88. The Kier molecular flexibility index (Phi) is 4.42. The van der Waals surface area contributed by atoms with Crippen LogP contribution in [0.5, 0.6) is 0 Å². The van der Waals surface area contributed by atoms with Gasteiger partial charge in [-0.05, 0) is 35.4 Å².